The second-order valence-corrected chi connectivity index (χ2v) is 6.21. The lowest BCUT2D eigenvalue weighted by atomic mass is 9.97. The first-order valence-electron chi connectivity index (χ1n) is 6.09. The molecular formula is C13H24N2OS. The Hall–Kier alpha value is -0.420. The molecule has 1 heterocycles. The molecule has 3 N–H and O–H groups in total. The zero-order valence-corrected chi connectivity index (χ0v) is 12.1. The quantitative estimate of drug-likeness (QED) is 0.582. The van der Waals surface area contributed by atoms with Gasteiger partial charge in [-0.15, -0.1) is 11.3 Å². The van der Waals surface area contributed by atoms with Crippen LogP contribution in [0.4, 0.5) is 0 Å². The molecule has 0 radical (unpaired) electrons. The minimum absolute atomic E-state index is 0.137. The molecule has 0 aliphatic heterocycles. The Morgan fingerprint density at radius 3 is 2.53 bits per heavy atom. The van der Waals surface area contributed by atoms with Gasteiger partial charge in [-0.1, -0.05) is 6.92 Å². The monoisotopic (exact) mass is 256 g/mol. The SMILES string of the molecule is CCc1ccc(CC(CC(C)(C)OC)NN)s1. The lowest BCUT2D eigenvalue weighted by Gasteiger charge is -2.27. The Bertz CT molecular complexity index is 336. The number of rotatable bonds is 7. The molecule has 0 saturated carbocycles. The summed E-state index contributed by atoms with van der Waals surface area (Å²) < 4.78 is 5.44. The number of nitrogens with one attached hydrogen (secondary N) is 1. The van der Waals surface area contributed by atoms with E-state index in [4.69, 9.17) is 10.6 Å². The van der Waals surface area contributed by atoms with E-state index in [0.29, 0.717) is 0 Å². The summed E-state index contributed by atoms with van der Waals surface area (Å²) in [5.41, 5.74) is 2.76. The molecular weight excluding hydrogens is 232 g/mol. The van der Waals surface area contributed by atoms with Crippen LogP contribution < -0.4 is 11.3 Å². The summed E-state index contributed by atoms with van der Waals surface area (Å²) in [5, 5.41) is 0. The standard InChI is InChI=1S/C13H24N2OS/c1-5-11-6-7-12(17-11)8-10(15-14)9-13(2,3)16-4/h6-7,10,15H,5,8-9,14H2,1-4H3. The Morgan fingerprint density at radius 1 is 1.41 bits per heavy atom. The molecule has 1 unspecified atom stereocenters. The Labute approximate surface area is 108 Å². The highest BCUT2D eigenvalue weighted by Gasteiger charge is 2.22. The highest BCUT2D eigenvalue weighted by molar-refractivity contribution is 7.11. The van der Waals surface area contributed by atoms with E-state index in [1.54, 1.807) is 7.11 Å². The van der Waals surface area contributed by atoms with Gasteiger partial charge in [0.15, 0.2) is 0 Å². The number of nitrogens with two attached hydrogens (primary N) is 1. The largest absolute Gasteiger partial charge is 0.379 e. The van der Waals surface area contributed by atoms with E-state index in [9.17, 15) is 0 Å². The predicted molar refractivity (Wildman–Crippen MR) is 74.2 cm³/mol. The Morgan fingerprint density at radius 2 is 2.06 bits per heavy atom. The zero-order chi connectivity index (χ0) is 12.9. The topological polar surface area (TPSA) is 47.3 Å². The fraction of sp³-hybridized carbons (Fsp3) is 0.692. The summed E-state index contributed by atoms with van der Waals surface area (Å²) in [4.78, 5) is 2.82. The molecule has 0 amide bonds. The molecule has 0 fully saturated rings. The third kappa shape index (κ3) is 4.76. The number of thiophene rings is 1. The van der Waals surface area contributed by atoms with Crippen LogP contribution >= 0.6 is 11.3 Å². The first-order valence-corrected chi connectivity index (χ1v) is 6.91. The van der Waals surface area contributed by atoms with Gasteiger partial charge in [-0.05, 0) is 45.2 Å². The summed E-state index contributed by atoms with van der Waals surface area (Å²) in [7, 11) is 1.74. The zero-order valence-electron chi connectivity index (χ0n) is 11.2. The molecule has 0 spiro atoms. The molecule has 1 atom stereocenters. The fourth-order valence-corrected chi connectivity index (χ4v) is 2.87. The van der Waals surface area contributed by atoms with E-state index >= 15 is 0 Å². The van der Waals surface area contributed by atoms with Crippen LogP contribution in [-0.4, -0.2) is 18.8 Å². The first kappa shape index (κ1) is 14.6. The molecule has 4 heteroatoms. The average molecular weight is 256 g/mol. The summed E-state index contributed by atoms with van der Waals surface area (Å²) >= 11 is 1.87. The maximum Gasteiger partial charge on any atom is 0.0638 e. The predicted octanol–water partition coefficient (Wildman–Crippen LogP) is 2.50. The minimum Gasteiger partial charge on any atom is -0.379 e. The molecule has 0 aliphatic rings. The summed E-state index contributed by atoms with van der Waals surface area (Å²) in [6.45, 7) is 6.36. The van der Waals surface area contributed by atoms with E-state index in [1.165, 1.54) is 9.75 Å². The van der Waals surface area contributed by atoms with Gasteiger partial charge in [0.05, 0.1) is 5.60 Å². The lowest BCUT2D eigenvalue weighted by Crippen LogP contribution is -2.42. The van der Waals surface area contributed by atoms with Gasteiger partial charge in [-0.3, -0.25) is 11.3 Å². The van der Waals surface area contributed by atoms with Gasteiger partial charge in [-0.2, -0.15) is 0 Å². The number of aryl methyl sites for hydroxylation is 1. The van der Waals surface area contributed by atoms with E-state index in [-0.39, 0.29) is 11.6 Å². The van der Waals surface area contributed by atoms with Crippen molar-refractivity contribution >= 4 is 11.3 Å². The van der Waals surface area contributed by atoms with Crippen molar-refractivity contribution in [3.63, 3.8) is 0 Å². The molecule has 1 aromatic rings. The van der Waals surface area contributed by atoms with Crippen LogP contribution in [0.15, 0.2) is 12.1 Å². The van der Waals surface area contributed by atoms with Gasteiger partial charge in [0.1, 0.15) is 0 Å². The summed E-state index contributed by atoms with van der Waals surface area (Å²) in [6, 6.07) is 4.66. The number of hydrogen-bond donors (Lipinski definition) is 2. The van der Waals surface area contributed by atoms with Crippen LogP contribution in [0, 0.1) is 0 Å². The summed E-state index contributed by atoms with van der Waals surface area (Å²) in [6.07, 6.45) is 2.97. The highest BCUT2D eigenvalue weighted by atomic mass is 32.1. The van der Waals surface area contributed by atoms with E-state index in [2.05, 4.69) is 38.3 Å². The first-order chi connectivity index (χ1) is 8.00. The molecule has 98 valence electrons. The van der Waals surface area contributed by atoms with Crippen LogP contribution in [0.1, 0.15) is 36.9 Å². The number of methoxy groups -OCH3 is 1. The lowest BCUT2D eigenvalue weighted by molar-refractivity contribution is 0.00717. The molecule has 3 nitrogen and oxygen atoms in total. The second-order valence-electron chi connectivity index (χ2n) is 4.96. The van der Waals surface area contributed by atoms with Crippen LogP contribution in [-0.2, 0) is 17.6 Å². The van der Waals surface area contributed by atoms with E-state index in [1.807, 2.05) is 11.3 Å². The second kappa shape index (κ2) is 6.50. The highest BCUT2D eigenvalue weighted by Crippen LogP contribution is 2.22. The van der Waals surface area contributed by atoms with Gasteiger partial charge >= 0.3 is 0 Å². The van der Waals surface area contributed by atoms with Crippen LogP contribution in [0.3, 0.4) is 0 Å². The van der Waals surface area contributed by atoms with Crippen molar-refractivity contribution in [2.75, 3.05) is 7.11 Å². The van der Waals surface area contributed by atoms with Crippen LogP contribution in [0.5, 0.6) is 0 Å². The Balaban J connectivity index is 2.57. The van der Waals surface area contributed by atoms with Crippen molar-refractivity contribution in [2.45, 2.75) is 51.7 Å². The number of hydrogen-bond acceptors (Lipinski definition) is 4. The van der Waals surface area contributed by atoms with Crippen molar-refractivity contribution in [2.24, 2.45) is 5.84 Å². The van der Waals surface area contributed by atoms with E-state index < -0.39 is 0 Å². The molecule has 1 aromatic heterocycles. The molecule has 0 aromatic carbocycles. The van der Waals surface area contributed by atoms with Gasteiger partial charge in [0.25, 0.3) is 0 Å². The normalized spacial score (nSPS) is 13.9. The maximum atomic E-state index is 5.62. The van der Waals surface area contributed by atoms with Gasteiger partial charge in [0.2, 0.25) is 0 Å². The van der Waals surface area contributed by atoms with Crippen LogP contribution in [0.2, 0.25) is 0 Å². The maximum absolute atomic E-state index is 5.62. The van der Waals surface area contributed by atoms with Gasteiger partial charge < -0.3 is 4.74 Å². The van der Waals surface area contributed by atoms with Crippen molar-refractivity contribution < 1.29 is 4.74 Å². The third-order valence-electron chi connectivity index (χ3n) is 3.04. The number of ether oxygens (including phenoxy) is 1. The van der Waals surface area contributed by atoms with Crippen LogP contribution in [0.25, 0.3) is 0 Å². The molecule has 17 heavy (non-hydrogen) atoms. The van der Waals surface area contributed by atoms with E-state index in [0.717, 1.165) is 19.3 Å². The van der Waals surface area contributed by atoms with Gasteiger partial charge in [-0.25, -0.2) is 0 Å². The van der Waals surface area contributed by atoms with Crippen molar-refractivity contribution in [1.29, 1.82) is 0 Å². The van der Waals surface area contributed by atoms with Crippen molar-refractivity contribution in [1.82, 2.24) is 5.43 Å². The fourth-order valence-electron chi connectivity index (χ4n) is 1.83. The molecule has 0 saturated heterocycles. The molecule has 1 rings (SSSR count). The molecule has 0 aliphatic carbocycles. The minimum atomic E-state index is -0.137. The Kier molecular flexibility index (Phi) is 5.59. The smallest absolute Gasteiger partial charge is 0.0638 e. The van der Waals surface area contributed by atoms with Gasteiger partial charge in [0, 0.05) is 22.9 Å². The third-order valence-corrected chi connectivity index (χ3v) is 4.29. The average Bonchev–Trinajstić information content (AvgIpc) is 2.75. The molecule has 0 bridgehead atoms. The van der Waals surface area contributed by atoms with Crippen molar-refractivity contribution in [3.05, 3.63) is 21.9 Å². The summed E-state index contributed by atoms with van der Waals surface area (Å²) in [5.74, 6) is 5.62. The van der Waals surface area contributed by atoms with Crippen molar-refractivity contribution in [3.8, 4) is 0 Å². The number of hydrazine groups is 1.